The average molecular weight is 283 g/mol. The normalized spacial score (nSPS) is 19.3. The molecule has 108 valence electrons. The van der Waals surface area contributed by atoms with Crippen LogP contribution in [0.4, 0.5) is 0 Å². The summed E-state index contributed by atoms with van der Waals surface area (Å²) in [6, 6.07) is 7.90. The first-order valence-electron chi connectivity index (χ1n) is 6.76. The lowest BCUT2D eigenvalue weighted by Gasteiger charge is -2.39. The van der Waals surface area contributed by atoms with Crippen LogP contribution < -0.4 is 10.5 Å². The van der Waals surface area contributed by atoms with Crippen molar-refractivity contribution in [3.05, 3.63) is 29.8 Å². The summed E-state index contributed by atoms with van der Waals surface area (Å²) in [7, 11) is 1.66. The van der Waals surface area contributed by atoms with Crippen LogP contribution in [0.2, 0.25) is 0 Å². The molecule has 0 bridgehead atoms. The molecule has 0 aliphatic heterocycles. The van der Waals surface area contributed by atoms with Crippen molar-refractivity contribution < 1.29 is 9.84 Å². The Labute approximate surface area is 122 Å². The maximum absolute atomic E-state index is 10.8. The molecule has 0 saturated heterocycles. The number of rotatable bonds is 4. The van der Waals surface area contributed by atoms with Crippen molar-refractivity contribution in [1.29, 1.82) is 0 Å². The van der Waals surface area contributed by atoms with Crippen LogP contribution in [0.15, 0.2) is 24.3 Å². The summed E-state index contributed by atoms with van der Waals surface area (Å²) in [5, 5.41) is 10.8. The zero-order valence-corrected chi connectivity index (χ0v) is 12.6. The van der Waals surface area contributed by atoms with E-state index in [2.05, 4.69) is 0 Å². The van der Waals surface area contributed by atoms with Gasteiger partial charge >= 0.3 is 0 Å². The topological polar surface area (TPSA) is 55.5 Å². The third kappa shape index (κ3) is 3.65. The Bertz CT molecular complexity index is 374. The lowest BCUT2D eigenvalue weighted by molar-refractivity contribution is -0.0194. The van der Waals surface area contributed by atoms with Crippen molar-refractivity contribution in [2.75, 3.05) is 13.7 Å². The number of methoxy groups -OCH3 is 1. The van der Waals surface area contributed by atoms with Crippen LogP contribution in [0, 0.1) is 0 Å². The minimum atomic E-state index is -0.623. The van der Waals surface area contributed by atoms with Crippen LogP contribution in [-0.2, 0) is 0 Å². The molecular weight excluding hydrogens is 258 g/mol. The van der Waals surface area contributed by atoms with Gasteiger partial charge < -0.3 is 15.6 Å². The Balaban J connectivity index is 0.00000180. The summed E-state index contributed by atoms with van der Waals surface area (Å²) in [4.78, 5) is 0. The van der Waals surface area contributed by atoms with Crippen molar-refractivity contribution in [2.45, 2.75) is 43.6 Å². The van der Waals surface area contributed by atoms with E-state index < -0.39 is 5.60 Å². The molecule has 0 aromatic heterocycles. The molecule has 1 aliphatic rings. The standard InChI is InChI=1S/C15H23NO2.H2S/c1-18-13-7-5-12(6-8-13)14(11-16)15(17)9-3-2-4-10-15;/h5-8,14,17H,2-4,9-11,16H2,1H3;1H2. The predicted octanol–water partition coefficient (Wildman–Crippen LogP) is 2.55. The van der Waals surface area contributed by atoms with E-state index in [0.29, 0.717) is 6.54 Å². The first kappa shape index (κ1) is 16.3. The molecule has 1 unspecified atom stereocenters. The molecule has 0 heterocycles. The summed E-state index contributed by atoms with van der Waals surface area (Å²) in [5.41, 5.74) is 6.39. The molecule has 0 spiro atoms. The Kier molecular flexibility index (Phi) is 6.17. The Morgan fingerprint density at radius 2 is 1.79 bits per heavy atom. The SMILES string of the molecule is COc1ccc(C(CN)C2(O)CCCCC2)cc1.S. The molecule has 1 aromatic rings. The van der Waals surface area contributed by atoms with Gasteiger partial charge in [-0.2, -0.15) is 13.5 Å². The van der Waals surface area contributed by atoms with Crippen molar-refractivity contribution in [2.24, 2.45) is 5.73 Å². The van der Waals surface area contributed by atoms with Crippen LogP contribution in [0.1, 0.15) is 43.6 Å². The minimum Gasteiger partial charge on any atom is -0.497 e. The van der Waals surface area contributed by atoms with E-state index in [9.17, 15) is 5.11 Å². The van der Waals surface area contributed by atoms with Crippen LogP contribution in [0.5, 0.6) is 5.75 Å². The second-order valence-electron chi connectivity index (χ2n) is 5.23. The molecule has 3 N–H and O–H groups in total. The van der Waals surface area contributed by atoms with Crippen molar-refractivity contribution in [3.8, 4) is 5.75 Å². The van der Waals surface area contributed by atoms with Gasteiger partial charge in [0, 0.05) is 12.5 Å². The molecule has 1 aliphatic carbocycles. The summed E-state index contributed by atoms with van der Waals surface area (Å²) in [5.74, 6) is 0.869. The monoisotopic (exact) mass is 283 g/mol. The Hall–Kier alpha value is -0.710. The first-order valence-corrected chi connectivity index (χ1v) is 6.76. The van der Waals surface area contributed by atoms with Crippen LogP contribution in [-0.4, -0.2) is 24.4 Å². The summed E-state index contributed by atoms with van der Waals surface area (Å²) in [6.45, 7) is 0.489. The zero-order valence-electron chi connectivity index (χ0n) is 11.6. The van der Waals surface area contributed by atoms with Gasteiger partial charge in [0.1, 0.15) is 5.75 Å². The quantitative estimate of drug-likeness (QED) is 0.893. The van der Waals surface area contributed by atoms with Gasteiger partial charge in [-0.15, -0.1) is 0 Å². The molecule has 0 amide bonds. The Morgan fingerprint density at radius 3 is 2.26 bits per heavy atom. The van der Waals surface area contributed by atoms with Crippen molar-refractivity contribution in [3.63, 3.8) is 0 Å². The van der Waals surface area contributed by atoms with Crippen LogP contribution in [0.3, 0.4) is 0 Å². The second-order valence-corrected chi connectivity index (χ2v) is 5.23. The third-order valence-corrected chi connectivity index (χ3v) is 4.12. The number of ether oxygens (including phenoxy) is 1. The number of aliphatic hydroxyl groups is 1. The fourth-order valence-electron chi connectivity index (χ4n) is 3.01. The van der Waals surface area contributed by atoms with Crippen molar-refractivity contribution in [1.82, 2.24) is 0 Å². The van der Waals surface area contributed by atoms with E-state index in [1.807, 2.05) is 24.3 Å². The number of hydrogen-bond donors (Lipinski definition) is 2. The van der Waals surface area contributed by atoms with Gasteiger partial charge in [0.15, 0.2) is 0 Å². The van der Waals surface area contributed by atoms with Gasteiger partial charge in [-0.1, -0.05) is 31.4 Å². The van der Waals surface area contributed by atoms with Gasteiger partial charge in [-0.3, -0.25) is 0 Å². The van der Waals surface area contributed by atoms with Gasteiger partial charge in [-0.25, -0.2) is 0 Å². The van der Waals surface area contributed by atoms with Gasteiger partial charge in [-0.05, 0) is 30.5 Å². The predicted molar refractivity (Wildman–Crippen MR) is 83.2 cm³/mol. The lowest BCUT2D eigenvalue weighted by atomic mass is 9.73. The smallest absolute Gasteiger partial charge is 0.118 e. The number of benzene rings is 1. The molecule has 4 heteroatoms. The van der Waals surface area contributed by atoms with Crippen LogP contribution >= 0.6 is 13.5 Å². The molecular formula is C15H25NO2S. The maximum Gasteiger partial charge on any atom is 0.118 e. The van der Waals surface area contributed by atoms with E-state index in [-0.39, 0.29) is 19.4 Å². The number of hydrogen-bond acceptors (Lipinski definition) is 3. The van der Waals surface area contributed by atoms with Crippen molar-refractivity contribution >= 4 is 13.5 Å². The summed E-state index contributed by atoms with van der Waals surface area (Å²) >= 11 is 0. The van der Waals surface area contributed by atoms with E-state index in [1.165, 1.54) is 6.42 Å². The Morgan fingerprint density at radius 1 is 1.21 bits per heavy atom. The fourth-order valence-corrected chi connectivity index (χ4v) is 3.01. The molecule has 3 nitrogen and oxygen atoms in total. The molecule has 1 atom stereocenters. The van der Waals surface area contributed by atoms with Crippen LogP contribution in [0.25, 0.3) is 0 Å². The minimum absolute atomic E-state index is 0. The van der Waals surface area contributed by atoms with E-state index in [0.717, 1.165) is 37.0 Å². The molecule has 2 rings (SSSR count). The summed E-state index contributed by atoms with van der Waals surface area (Å²) in [6.07, 6.45) is 5.15. The van der Waals surface area contributed by atoms with E-state index in [4.69, 9.17) is 10.5 Å². The highest BCUT2D eigenvalue weighted by molar-refractivity contribution is 7.59. The highest BCUT2D eigenvalue weighted by Crippen LogP contribution is 2.39. The maximum atomic E-state index is 10.8. The molecule has 1 aromatic carbocycles. The lowest BCUT2D eigenvalue weighted by Crippen LogP contribution is -2.41. The fraction of sp³-hybridized carbons (Fsp3) is 0.600. The van der Waals surface area contributed by atoms with Gasteiger partial charge in [0.25, 0.3) is 0 Å². The van der Waals surface area contributed by atoms with Gasteiger partial charge in [0.2, 0.25) is 0 Å². The largest absolute Gasteiger partial charge is 0.497 e. The second kappa shape index (κ2) is 7.17. The van der Waals surface area contributed by atoms with Gasteiger partial charge in [0.05, 0.1) is 12.7 Å². The van der Waals surface area contributed by atoms with E-state index >= 15 is 0 Å². The third-order valence-electron chi connectivity index (χ3n) is 4.12. The number of nitrogens with two attached hydrogens (primary N) is 1. The molecule has 0 radical (unpaired) electrons. The summed E-state index contributed by atoms with van der Waals surface area (Å²) < 4.78 is 5.16. The molecule has 19 heavy (non-hydrogen) atoms. The highest BCUT2D eigenvalue weighted by Gasteiger charge is 2.37. The first-order chi connectivity index (χ1) is 8.69. The average Bonchev–Trinajstić information content (AvgIpc) is 2.41. The highest BCUT2D eigenvalue weighted by atomic mass is 32.1. The zero-order chi connectivity index (χ0) is 13.0. The van der Waals surface area contributed by atoms with E-state index in [1.54, 1.807) is 7.11 Å². The molecule has 1 saturated carbocycles. The molecule has 1 fully saturated rings.